The molecular weight excluding hydrogens is 396 g/mol. The smallest absolute Gasteiger partial charge is 0.254 e. The summed E-state index contributed by atoms with van der Waals surface area (Å²) in [6.45, 7) is 5.72. The van der Waals surface area contributed by atoms with E-state index in [1.54, 1.807) is 25.3 Å². The minimum Gasteiger partial charge on any atom is -0.486 e. The van der Waals surface area contributed by atoms with E-state index in [0.717, 1.165) is 0 Å². The molecule has 3 heterocycles. The van der Waals surface area contributed by atoms with E-state index < -0.39 is 16.1 Å². The van der Waals surface area contributed by atoms with E-state index >= 15 is 0 Å². The number of ether oxygens (including phenoxy) is 3. The topological polar surface area (TPSA) is 85.4 Å². The largest absolute Gasteiger partial charge is 0.486 e. The lowest BCUT2D eigenvalue weighted by Gasteiger charge is -2.53. The van der Waals surface area contributed by atoms with Gasteiger partial charge in [0.25, 0.3) is 5.91 Å². The molecule has 2 atom stereocenters. The van der Waals surface area contributed by atoms with E-state index in [-0.39, 0.29) is 28.8 Å². The predicted octanol–water partition coefficient (Wildman–Crippen LogP) is 1.49. The molecule has 9 heteroatoms. The van der Waals surface area contributed by atoms with Crippen molar-refractivity contribution in [3.05, 3.63) is 18.2 Å². The third-order valence-corrected chi connectivity index (χ3v) is 7.97. The van der Waals surface area contributed by atoms with Gasteiger partial charge >= 0.3 is 0 Å². The number of rotatable bonds is 5. The summed E-state index contributed by atoms with van der Waals surface area (Å²) < 4.78 is 44.2. The Labute approximate surface area is 171 Å². The number of hydrogen-bond acceptors (Lipinski definition) is 6. The van der Waals surface area contributed by atoms with Gasteiger partial charge in [-0.15, -0.1) is 0 Å². The van der Waals surface area contributed by atoms with E-state index in [2.05, 4.69) is 0 Å². The molecule has 0 aromatic heterocycles. The van der Waals surface area contributed by atoms with Crippen molar-refractivity contribution in [2.45, 2.75) is 49.8 Å². The highest BCUT2D eigenvalue weighted by molar-refractivity contribution is 7.89. The van der Waals surface area contributed by atoms with E-state index in [4.69, 9.17) is 14.2 Å². The SMILES string of the molecule is COC1C(=O)N(C(C)C)C1C1CCN(S(=O)(=O)c2ccc3c(c2)OCCO3)CC1. The van der Waals surface area contributed by atoms with Gasteiger partial charge in [0.1, 0.15) is 13.2 Å². The van der Waals surface area contributed by atoms with Crippen LogP contribution < -0.4 is 9.47 Å². The fourth-order valence-electron chi connectivity index (χ4n) is 4.61. The summed E-state index contributed by atoms with van der Waals surface area (Å²) in [5.41, 5.74) is 0. The lowest BCUT2D eigenvalue weighted by atomic mass is 9.79. The number of sulfonamides is 1. The van der Waals surface area contributed by atoms with E-state index in [0.29, 0.717) is 50.6 Å². The molecule has 3 aliphatic heterocycles. The maximum Gasteiger partial charge on any atom is 0.254 e. The maximum atomic E-state index is 13.1. The Kier molecular flexibility index (Phi) is 5.48. The number of nitrogens with zero attached hydrogens (tertiary/aromatic N) is 2. The Balaban J connectivity index is 1.46. The highest BCUT2D eigenvalue weighted by atomic mass is 32.2. The molecule has 4 rings (SSSR count). The molecule has 3 aliphatic rings. The minimum absolute atomic E-state index is 0.0200. The van der Waals surface area contributed by atoms with Gasteiger partial charge in [-0.2, -0.15) is 4.31 Å². The number of fused-ring (bicyclic) bond motifs is 1. The van der Waals surface area contributed by atoms with Crippen molar-refractivity contribution >= 4 is 15.9 Å². The average Bonchev–Trinajstić information content (AvgIpc) is 2.71. The molecule has 0 radical (unpaired) electrons. The van der Waals surface area contributed by atoms with Gasteiger partial charge in [-0.1, -0.05) is 0 Å². The summed E-state index contributed by atoms with van der Waals surface area (Å²) >= 11 is 0. The number of carbonyl (C=O) groups excluding carboxylic acids is 1. The first-order chi connectivity index (χ1) is 13.8. The third-order valence-electron chi connectivity index (χ3n) is 6.07. The van der Waals surface area contributed by atoms with Crippen LogP contribution in [0.3, 0.4) is 0 Å². The summed E-state index contributed by atoms with van der Waals surface area (Å²) in [5, 5.41) is 0. The molecule has 0 saturated carbocycles. The summed E-state index contributed by atoms with van der Waals surface area (Å²) in [6, 6.07) is 4.89. The van der Waals surface area contributed by atoms with Crippen molar-refractivity contribution in [1.29, 1.82) is 0 Å². The summed E-state index contributed by atoms with van der Waals surface area (Å²) in [6.07, 6.45) is 0.985. The summed E-state index contributed by atoms with van der Waals surface area (Å²) in [5.74, 6) is 1.30. The fourth-order valence-corrected chi connectivity index (χ4v) is 6.09. The first kappa shape index (κ1) is 20.4. The van der Waals surface area contributed by atoms with Crippen LogP contribution in [-0.4, -0.2) is 75.1 Å². The molecule has 0 bridgehead atoms. The second-order valence-corrected chi connectivity index (χ2v) is 9.97. The molecule has 160 valence electrons. The van der Waals surface area contributed by atoms with Crippen LogP contribution in [0.15, 0.2) is 23.1 Å². The van der Waals surface area contributed by atoms with Gasteiger partial charge in [-0.25, -0.2) is 8.42 Å². The molecule has 1 aromatic carbocycles. The van der Waals surface area contributed by atoms with Gasteiger partial charge < -0.3 is 19.1 Å². The van der Waals surface area contributed by atoms with Crippen LogP contribution in [0.1, 0.15) is 26.7 Å². The zero-order chi connectivity index (χ0) is 20.8. The van der Waals surface area contributed by atoms with Crippen LogP contribution in [0.4, 0.5) is 0 Å². The van der Waals surface area contributed by atoms with Crippen molar-refractivity contribution in [2.24, 2.45) is 5.92 Å². The number of carbonyl (C=O) groups is 1. The summed E-state index contributed by atoms with van der Waals surface area (Å²) in [4.78, 5) is 14.4. The Morgan fingerprint density at radius 1 is 1.10 bits per heavy atom. The van der Waals surface area contributed by atoms with Crippen molar-refractivity contribution in [1.82, 2.24) is 9.21 Å². The monoisotopic (exact) mass is 424 g/mol. The van der Waals surface area contributed by atoms with Crippen LogP contribution in [0.25, 0.3) is 0 Å². The normalized spacial score (nSPS) is 25.9. The zero-order valence-electron chi connectivity index (χ0n) is 17.0. The molecule has 0 aliphatic carbocycles. The van der Waals surface area contributed by atoms with Crippen LogP contribution in [0.2, 0.25) is 0 Å². The van der Waals surface area contributed by atoms with Crippen molar-refractivity contribution in [2.75, 3.05) is 33.4 Å². The lowest BCUT2D eigenvalue weighted by molar-refractivity contribution is -0.181. The van der Waals surface area contributed by atoms with E-state index in [1.807, 2.05) is 18.7 Å². The minimum atomic E-state index is -3.61. The van der Waals surface area contributed by atoms with Crippen LogP contribution in [0, 0.1) is 5.92 Å². The first-order valence-corrected chi connectivity index (χ1v) is 11.5. The van der Waals surface area contributed by atoms with Gasteiger partial charge in [-0.3, -0.25) is 4.79 Å². The number of hydrogen-bond donors (Lipinski definition) is 0. The standard InChI is InChI=1S/C20H28N2O6S/c1-13(2)22-18(19(26-3)20(22)23)14-6-8-21(9-7-14)29(24,25)15-4-5-16-17(12-15)28-11-10-27-16/h4-5,12-14,18-19H,6-11H2,1-3H3. The molecule has 1 aromatic rings. The summed E-state index contributed by atoms with van der Waals surface area (Å²) in [7, 11) is -2.04. The fraction of sp³-hybridized carbons (Fsp3) is 0.650. The van der Waals surface area contributed by atoms with Crippen LogP contribution in [0.5, 0.6) is 11.5 Å². The van der Waals surface area contributed by atoms with Crippen molar-refractivity contribution in [3.8, 4) is 11.5 Å². The zero-order valence-corrected chi connectivity index (χ0v) is 17.9. The maximum absolute atomic E-state index is 13.1. The van der Waals surface area contributed by atoms with Gasteiger partial charge in [0.15, 0.2) is 17.6 Å². The first-order valence-electron chi connectivity index (χ1n) is 10.1. The van der Waals surface area contributed by atoms with Gasteiger partial charge in [0, 0.05) is 32.3 Å². The Morgan fingerprint density at radius 2 is 1.76 bits per heavy atom. The van der Waals surface area contributed by atoms with Crippen LogP contribution in [-0.2, 0) is 19.6 Å². The molecule has 0 N–H and O–H groups in total. The number of benzene rings is 1. The number of likely N-dealkylation sites (tertiary alicyclic amines) is 1. The van der Waals surface area contributed by atoms with Crippen LogP contribution >= 0.6 is 0 Å². The molecule has 1 amide bonds. The molecule has 29 heavy (non-hydrogen) atoms. The molecule has 8 nitrogen and oxygen atoms in total. The average molecular weight is 425 g/mol. The van der Waals surface area contributed by atoms with E-state index in [9.17, 15) is 13.2 Å². The highest BCUT2D eigenvalue weighted by Gasteiger charge is 2.52. The third kappa shape index (κ3) is 3.49. The molecular formula is C20H28N2O6S. The predicted molar refractivity (Wildman–Crippen MR) is 105 cm³/mol. The quantitative estimate of drug-likeness (QED) is 0.666. The van der Waals surface area contributed by atoms with Gasteiger partial charge in [0.2, 0.25) is 10.0 Å². The number of amides is 1. The van der Waals surface area contributed by atoms with Crippen molar-refractivity contribution in [3.63, 3.8) is 0 Å². The number of methoxy groups -OCH3 is 1. The lowest BCUT2D eigenvalue weighted by Crippen LogP contribution is -2.70. The molecule has 0 spiro atoms. The molecule has 2 saturated heterocycles. The molecule has 2 fully saturated rings. The Hall–Kier alpha value is -1.84. The number of β-lactam (4-membered cyclic amide) rings is 1. The van der Waals surface area contributed by atoms with Gasteiger partial charge in [-0.05, 0) is 44.7 Å². The highest BCUT2D eigenvalue weighted by Crippen LogP contribution is 2.38. The van der Waals surface area contributed by atoms with Crippen molar-refractivity contribution < 1.29 is 27.4 Å². The van der Waals surface area contributed by atoms with Gasteiger partial charge in [0.05, 0.1) is 10.9 Å². The van der Waals surface area contributed by atoms with E-state index in [1.165, 1.54) is 4.31 Å². The second-order valence-electron chi connectivity index (χ2n) is 8.03. The number of piperidine rings is 1. The molecule has 2 unspecified atom stereocenters. The Morgan fingerprint density at radius 3 is 2.38 bits per heavy atom. The second kappa shape index (κ2) is 7.77. The Bertz CT molecular complexity index is 879.